The first-order valence-corrected chi connectivity index (χ1v) is 8.19. The van der Waals surface area contributed by atoms with Gasteiger partial charge in [-0.1, -0.05) is 26.0 Å². The molecule has 0 amide bonds. The number of primary sulfonamides is 1. The van der Waals surface area contributed by atoms with Crippen LogP contribution in [0, 0.1) is 5.92 Å². The molecule has 0 fully saturated rings. The molecule has 0 saturated carbocycles. The van der Waals surface area contributed by atoms with Gasteiger partial charge >= 0.3 is 0 Å². The van der Waals surface area contributed by atoms with Gasteiger partial charge in [-0.2, -0.15) is 0 Å². The van der Waals surface area contributed by atoms with E-state index >= 15 is 0 Å². The van der Waals surface area contributed by atoms with Crippen LogP contribution in [-0.2, 0) is 16.6 Å². The number of rotatable bonds is 7. The quantitative estimate of drug-likeness (QED) is 0.806. The van der Waals surface area contributed by atoms with E-state index in [0.717, 1.165) is 12.0 Å². The van der Waals surface area contributed by atoms with E-state index in [1.54, 1.807) is 12.1 Å². The van der Waals surface area contributed by atoms with Crippen LogP contribution in [0.15, 0.2) is 29.2 Å². The van der Waals surface area contributed by atoms with E-state index in [4.69, 9.17) is 5.14 Å². The monoisotopic (exact) mass is 284 g/mol. The molecule has 0 saturated heterocycles. The Balaban J connectivity index is 2.54. The molecule has 1 rings (SSSR count). The summed E-state index contributed by atoms with van der Waals surface area (Å²) in [6, 6.07) is 7.17. The lowest BCUT2D eigenvalue weighted by atomic mass is 10.0. The van der Waals surface area contributed by atoms with E-state index in [-0.39, 0.29) is 4.90 Å². The van der Waals surface area contributed by atoms with Gasteiger partial charge in [-0.05, 0) is 43.4 Å². The van der Waals surface area contributed by atoms with Crippen LogP contribution in [0.3, 0.4) is 0 Å². The van der Waals surface area contributed by atoms with Gasteiger partial charge in [-0.3, -0.25) is 0 Å². The molecule has 1 aromatic carbocycles. The molecule has 1 aromatic rings. The van der Waals surface area contributed by atoms with Crippen LogP contribution in [-0.4, -0.2) is 14.5 Å². The zero-order valence-electron chi connectivity index (χ0n) is 11.9. The van der Waals surface area contributed by atoms with Crippen LogP contribution in [0.4, 0.5) is 0 Å². The van der Waals surface area contributed by atoms with Crippen molar-refractivity contribution in [3.8, 4) is 0 Å². The fourth-order valence-electron chi connectivity index (χ4n) is 1.81. The first-order chi connectivity index (χ1) is 8.79. The lowest BCUT2D eigenvalue weighted by Crippen LogP contribution is -2.26. The minimum atomic E-state index is -3.61. The second-order valence-electron chi connectivity index (χ2n) is 5.45. The number of nitrogens with two attached hydrogens (primary N) is 1. The molecule has 0 aliphatic rings. The smallest absolute Gasteiger partial charge is 0.238 e. The van der Waals surface area contributed by atoms with Crippen molar-refractivity contribution in [1.82, 2.24) is 5.32 Å². The normalized spacial score (nSPS) is 13.7. The van der Waals surface area contributed by atoms with E-state index in [9.17, 15) is 8.42 Å². The fourth-order valence-corrected chi connectivity index (χ4v) is 2.39. The van der Waals surface area contributed by atoms with E-state index in [2.05, 4.69) is 26.1 Å². The standard InChI is InChI=1S/C14H24N2O2S/c1-11(2)7-8-12(3)16-10-13-5-4-6-14(9-13)19(15,17)18/h4-6,9,11-12,16H,7-8,10H2,1-3H3,(H2,15,17,18). The summed E-state index contributed by atoms with van der Waals surface area (Å²) >= 11 is 0. The first kappa shape index (κ1) is 16.1. The molecule has 0 aliphatic carbocycles. The molecular weight excluding hydrogens is 260 g/mol. The van der Waals surface area contributed by atoms with E-state index < -0.39 is 10.0 Å². The van der Waals surface area contributed by atoms with Crippen LogP contribution >= 0.6 is 0 Å². The third-order valence-corrected chi connectivity index (χ3v) is 3.97. The second kappa shape index (κ2) is 7.03. The Morgan fingerprint density at radius 2 is 1.89 bits per heavy atom. The van der Waals surface area contributed by atoms with Crippen molar-refractivity contribution in [3.05, 3.63) is 29.8 Å². The third kappa shape index (κ3) is 6.18. The molecule has 0 radical (unpaired) electrons. The molecular formula is C14H24N2O2S. The van der Waals surface area contributed by atoms with Crippen molar-refractivity contribution < 1.29 is 8.42 Å². The lowest BCUT2D eigenvalue weighted by molar-refractivity contribution is 0.450. The molecule has 5 heteroatoms. The molecule has 0 bridgehead atoms. The van der Waals surface area contributed by atoms with Crippen molar-refractivity contribution in [2.75, 3.05) is 0 Å². The summed E-state index contributed by atoms with van der Waals surface area (Å²) < 4.78 is 22.5. The number of benzene rings is 1. The molecule has 0 aliphatic heterocycles. The zero-order chi connectivity index (χ0) is 14.5. The predicted octanol–water partition coefficient (Wildman–Crippen LogP) is 2.25. The Labute approximate surface area is 116 Å². The molecule has 3 N–H and O–H groups in total. The summed E-state index contributed by atoms with van der Waals surface area (Å²) in [6.45, 7) is 7.22. The summed E-state index contributed by atoms with van der Waals surface area (Å²) in [5, 5.41) is 8.51. The van der Waals surface area contributed by atoms with E-state index in [0.29, 0.717) is 18.5 Å². The summed E-state index contributed by atoms with van der Waals surface area (Å²) in [7, 11) is -3.61. The maximum atomic E-state index is 11.3. The molecule has 1 atom stereocenters. The van der Waals surface area contributed by atoms with E-state index in [1.807, 2.05) is 6.07 Å². The first-order valence-electron chi connectivity index (χ1n) is 6.64. The molecule has 0 aromatic heterocycles. The van der Waals surface area contributed by atoms with Crippen molar-refractivity contribution in [2.24, 2.45) is 11.1 Å². The fraction of sp³-hybridized carbons (Fsp3) is 0.571. The second-order valence-corrected chi connectivity index (χ2v) is 7.01. The summed E-state index contributed by atoms with van der Waals surface area (Å²) in [6.07, 6.45) is 2.30. The summed E-state index contributed by atoms with van der Waals surface area (Å²) in [5.41, 5.74) is 0.933. The van der Waals surface area contributed by atoms with Crippen LogP contribution < -0.4 is 10.5 Å². The summed E-state index contributed by atoms with van der Waals surface area (Å²) in [5.74, 6) is 0.704. The minimum absolute atomic E-state index is 0.168. The highest BCUT2D eigenvalue weighted by atomic mass is 32.2. The van der Waals surface area contributed by atoms with Crippen LogP contribution in [0.25, 0.3) is 0 Å². The molecule has 4 nitrogen and oxygen atoms in total. The van der Waals surface area contributed by atoms with Gasteiger partial charge in [0.15, 0.2) is 0 Å². The molecule has 1 unspecified atom stereocenters. The Morgan fingerprint density at radius 3 is 2.47 bits per heavy atom. The van der Waals surface area contributed by atoms with Gasteiger partial charge in [0.25, 0.3) is 0 Å². The van der Waals surface area contributed by atoms with Crippen LogP contribution in [0.2, 0.25) is 0 Å². The predicted molar refractivity (Wildman–Crippen MR) is 78.2 cm³/mol. The Morgan fingerprint density at radius 1 is 1.21 bits per heavy atom. The number of hydrogen-bond donors (Lipinski definition) is 2. The largest absolute Gasteiger partial charge is 0.310 e. The SMILES string of the molecule is CC(C)CCC(C)NCc1cccc(S(N)(=O)=O)c1. The van der Waals surface area contributed by atoms with Gasteiger partial charge in [-0.25, -0.2) is 13.6 Å². The van der Waals surface area contributed by atoms with Gasteiger partial charge in [0.05, 0.1) is 4.90 Å². The van der Waals surface area contributed by atoms with Crippen LogP contribution in [0.1, 0.15) is 39.2 Å². The van der Waals surface area contributed by atoms with Gasteiger partial charge in [-0.15, -0.1) is 0 Å². The number of sulfonamides is 1. The van der Waals surface area contributed by atoms with Crippen LogP contribution in [0.5, 0.6) is 0 Å². The Kier molecular flexibility index (Phi) is 5.97. The maximum absolute atomic E-state index is 11.3. The molecule has 0 spiro atoms. The van der Waals surface area contributed by atoms with E-state index in [1.165, 1.54) is 12.5 Å². The van der Waals surface area contributed by atoms with Gasteiger partial charge in [0.1, 0.15) is 0 Å². The van der Waals surface area contributed by atoms with Crippen molar-refractivity contribution in [3.63, 3.8) is 0 Å². The van der Waals surface area contributed by atoms with Crippen molar-refractivity contribution in [2.45, 2.75) is 51.1 Å². The third-order valence-electron chi connectivity index (χ3n) is 3.06. The topological polar surface area (TPSA) is 72.2 Å². The number of nitrogens with one attached hydrogen (secondary N) is 1. The van der Waals surface area contributed by atoms with Gasteiger partial charge < -0.3 is 5.32 Å². The van der Waals surface area contributed by atoms with Gasteiger partial charge in [0, 0.05) is 12.6 Å². The highest BCUT2D eigenvalue weighted by molar-refractivity contribution is 7.89. The summed E-state index contributed by atoms with van der Waals surface area (Å²) in [4.78, 5) is 0.168. The Bertz CT molecular complexity index is 498. The maximum Gasteiger partial charge on any atom is 0.238 e. The molecule has 108 valence electrons. The molecule has 19 heavy (non-hydrogen) atoms. The highest BCUT2D eigenvalue weighted by Gasteiger charge is 2.08. The van der Waals surface area contributed by atoms with Gasteiger partial charge in [0.2, 0.25) is 10.0 Å². The Hall–Kier alpha value is -0.910. The highest BCUT2D eigenvalue weighted by Crippen LogP contribution is 2.11. The average molecular weight is 284 g/mol. The van der Waals surface area contributed by atoms with Crippen molar-refractivity contribution >= 4 is 10.0 Å². The lowest BCUT2D eigenvalue weighted by Gasteiger charge is -2.15. The molecule has 0 heterocycles. The number of hydrogen-bond acceptors (Lipinski definition) is 3. The minimum Gasteiger partial charge on any atom is -0.310 e. The zero-order valence-corrected chi connectivity index (χ0v) is 12.7. The van der Waals surface area contributed by atoms with Crippen molar-refractivity contribution in [1.29, 1.82) is 0 Å². The average Bonchev–Trinajstić information content (AvgIpc) is 2.33.